The summed E-state index contributed by atoms with van der Waals surface area (Å²) >= 11 is 4.98. The molecule has 4 heteroatoms. The van der Waals surface area contributed by atoms with Crippen molar-refractivity contribution >= 4 is 33.4 Å². The van der Waals surface area contributed by atoms with Crippen LogP contribution in [0.4, 0.5) is 10.1 Å². The van der Waals surface area contributed by atoms with Gasteiger partial charge >= 0.3 is 0 Å². The fourth-order valence-electron chi connectivity index (χ4n) is 1.36. The maximum absolute atomic E-state index is 13.2. The first-order chi connectivity index (χ1) is 6.66. The zero-order valence-corrected chi connectivity index (χ0v) is 10.2. The Labute approximate surface area is 95.6 Å². The molecule has 14 heavy (non-hydrogen) atoms. The van der Waals surface area contributed by atoms with Gasteiger partial charge in [-0.05, 0) is 34.0 Å². The Balaban J connectivity index is 2.36. The second-order valence-electron chi connectivity index (χ2n) is 3.56. The van der Waals surface area contributed by atoms with Gasteiger partial charge in [0, 0.05) is 17.2 Å². The number of thioether (sulfide) groups is 1. The molecule has 0 aliphatic carbocycles. The first-order valence-corrected chi connectivity index (χ1v) is 6.30. The third kappa shape index (κ3) is 2.06. The van der Waals surface area contributed by atoms with Crippen LogP contribution in [0.15, 0.2) is 21.5 Å². The number of fused-ring (bicyclic) bond motifs is 1. The quantitative estimate of drug-likeness (QED) is 0.774. The number of hydrogen-bond donors (Lipinski definition) is 1. The van der Waals surface area contributed by atoms with Crippen LogP contribution in [0.3, 0.4) is 0 Å². The van der Waals surface area contributed by atoms with Crippen LogP contribution in [-0.2, 0) is 0 Å². The molecule has 1 aromatic carbocycles. The van der Waals surface area contributed by atoms with Crippen LogP contribution in [0.5, 0.6) is 0 Å². The largest absolute Gasteiger partial charge is 0.384 e. The highest BCUT2D eigenvalue weighted by Crippen LogP contribution is 2.35. The second-order valence-corrected chi connectivity index (χ2v) is 5.48. The van der Waals surface area contributed by atoms with Crippen molar-refractivity contribution in [3.05, 3.63) is 22.4 Å². The van der Waals surface area contributed by atoms with E-state index in [2.05, 4.69) is 28.2 Å². The number of halogens is 2. The lowest BCUT2D eigenvalue weighted by atomic mass is 10.2. The molecule has 0 aromatic heterocycles. The predicted molar refractivity (Wildman–Crippen MR) is 62.5 cm³/mol. The minimum absolute atomic E-state index is 0.202. The normalized spacial score (nSPS) is 20.9. The molecule has 0 fully saturated rings. The number of rotatable bonds is 0. The van der Waals surface area contributed by atoms with E-state index in [9.17, 15) is 4.39 Å². The first-order valence-electron chi connectivity index (χ1n) is 4.52. The average Bonchev–Trinajstić information content (AvgIpc) is 2.31. The van der Waals surface area contributed by atoms with E-state index in [4.69, 9.17) is 0 Å². The lowest BCUT2D eigenvalue weighted by Gasteiger charge is -2.08. The molecule has 0 saturated carbocycles. The number of hydrogen-bond acceptors (Lipinski definition) is 2. The Morgan fingerprint density at radius 2 is 2.36 bits per heavy atom. The minimum atomic E-state index is -0.202. The van der Waals surface area contributed by atoms with Crippen LogP contribution in [0.1, 0.15) is 6.92 Å². The van der Waals surface area contributed by atoms with Crippen LogP contribution in [0.25, 0.3) is 0 Å². The summed E-state index contributed by atoms with van der Waals surface area (Å²) in [7, 11) is 0. The van der Waals surface area contributed by atoms with E-state index >= 15 is 0 Å². The summed E-state index contributed by atoms with van der Waals surface area (Å²) in [5.74, 6) is 1.50. The molecule has 0 amide bonds. The summed E-state index contributed by atoms with van der Waals surface area (Å²) < 4.78 is 13.8. The van der Waals surface area contributed by atoms with Gasteiger partial charge in [-0.1, -0.05) is 6.92 Å². The monoisotopic (exact) mass is 275 g/mol. The molecule has 0 spiro atoms. The van der Waals surface area contributed by atoms with E-state index in [0.29, 0.717) is 10.4 Å². The number of nitrogens with one attached hydrogen (secondary N) is 1. The van der Waals surface area contributed by atoms with Crippen molar-refractivity contribution in [2.45, 2.75) is 11.8 Å². The molecule has 1 aromatic rings. The fourth-order valence-corrected chi connectivity index (χ4v) is 2.93. The summed E-state index contributed by atoms with van der Waals surface area (Å²) in [5.41, 5.74) is 0.917. The minimum Gasteiger partial charge on any atom is -0.384 e. The smallest absolute Gasteiger partial charge is 0.139 e. The molecule has 1 aliphatic heterocycles. The molecule has 2 rings (SSSR count). The van der Waals surface area contributed by atoms with Gasteiger partial charge in [0.1, 0.15) is 5.82 Å². The van der Waals surface area contributed by atoms with E-state index in [0.717, 1.165) is 22.9 Å². The highest BCUT2D eigenvalue weighted by molar-refractivity contribution is 9.10. The Kier molecular flexibility index (Phi) is 3.02. The zero-order valence-electron chi connectivity index (χ0n) is 7.81. The first kappa shape index (κ1) is 10.3. The maximum Gasteiger partial charge on any atom is 0.139 e. The van der Waals surface area contributed by atoms with Crippen LogP contribution in [-0.4, -0.2) is 12.3 Å². The van der Waals surface area contributed by atoms with Crippen molar-refractivity contribution in [3.63, 3.8) is 0 Å². The van der Waals surface area contributed by atoms with Crippen molar-refractivity contribution in [1.29, 1.82) is 0 Å². The topological polar surface area (TPSA) is 12.0 Å². The van der Waals surface area contributed by atoms with Gasteiger partial charge in [-0.15, -0.1) is 11.8 Å². The van der Waals surface area contributed by atoms with Crippen LogP contribution in [0, 0.1) is 11.7 Å². The van der Waals surface area contributed by atoms with Gasteiger partial charge in [0.15, 0.2) is 0 Å². The summed E-state index contributed by atoms with van der Waals surface area (Å²) in [4.78, 5) is 1.13. The van der Waals surface area contributed by atoms with Crippen molar-refractivity contribution in [2.75, 3.05) is 17.6 Å². The highest BCUT2D eigenvalue weighted by atomic mass is 79.9. The molecule has 76 valence electrons. The summed E-state index contributed by atoms with van der Waals surface area (Å²) in [6, 6.07) is 3.41. The highest BCUT2D eigenvalue weighted by Gasteiger charge is 2.14. The summed E-state index contributed by atoms with van der Waals surface area (Å²) in [6.45, 7) is 3.11. The molecule has 1 atom stereocenters. The Morgan fingerprint density at radius 3 is 3.14 bits per heavy atom. The SMILES string of the molecule is CC1CNc2cc(F)c(Br)cc2SC1. The van der Waals surface area contributed by atoms with Gasteiger partial charge in [-0.3, -0.25) is 0 Å². The maximum atomic E-state index is 13.2. The molecule has 0 bridgehead atoms. The summed E-state index contributed by atoms with van der Waals surface area (Å²) in [6.07, 6.45) is 0. The molecule has 1 heterocycles. The Hall–Kier alpha value is -0.220. The van der Waals surface area contributed by atoms with Gasteiger partial charge in [-0.25, -0.2) is 4.39 Å². The molecular weight excluding hydrogens is 265 g/mol. The van der Waals surface area contributed by atoms with Gasteiger partial charge in [0.2, 0.25) is 0 Å². The third-order valence-corrected chi connectivity index (χ3v) is 4.18. The Morgan fingerprint density at radius 1 is 1.57 bits per heavy atom. The lowest BCUT2D eigenvalue weighted by molar-refractivity contribution is 0.620. The third-order valence-electron chi connectivity index (χ3n) is 2.19. The molecule has 0 saturated heterocycles. The van der Waals surface area contributed by atoms with Crippen molar-refractivity contribution < 1.29 is 4.39 Å². The van der Waals surface area contributed by atoms with E-state index in [-0.39, 0.29) is 5.82 Å². The lowest BCUT2D eigenvalue weighted by Crippen LogP contribution is -2.10. The van der Waals surface area contributed by atoms with Gasteiger partial charge in [-0.2, -0.15) is 0 Å². The van der Waals surface area contributed by atoms with Crippen LogP contribution < -0.4 is 5.32 Å². The summed E-state index contributed by atoms with van der Waals surface area (Å²) in [5, 5.41) is 3.26. The van der Waals surface area contributed by atoms with Gasteiger partial charge in [0.25, 0.3) is 0 Å². The molecular formula is C10H11BrFNS. The van der Waals surface area contributed by atoms with Gasteiger partial charge in [0.05, 0.1) is 10.2 Å². The molecule has 1 aliphatic rings. The molecule has 1 N–H and O–H groups in total. The number of anilines is 1. The molecule has 1 unspecified atom stereocenters. The fraction of sp³-hybridized carbons (Fsp3) is 0.400. The molecule has 0 radical (unpaired) electrons. The van der Waals surface area contributed by atoms with Gasteiger partial charge < -0.3 is 5.32 Å². The van der Waals surface area contributed by atoms with Crippen LogP contribution >= 0.6 is 27.7 Å². The van der Waals surface area contributed by atoms with Crippen molar-refractivity contribution in [1.82, 2.24) is 0 Å². The van der Waals surface area contributed by atoms with E-state index in [1.807, 2.05) is 6.07 Å². The van der Waals surface area contributed by atoms with E-state index in [1.165, 1.54) is 0 Å². The number of benzene rings is 1. The average molecular weight is 276 g/mol. The second kappa shape index (κ2) is 4.11. The molecule has 1 nitrogen and oxygen atoms in total. The predicted octanol–water partition coefficient (Wildman–Crippen LogP) is 3.74. The van der Waals surface area contributed by atoms with E-state index in [1.54, 1.807) is 17.8 Å². The zero-order chi connectivity index (χ0) is 10.1. The van der Waals surface area contributed by atoms with Crippen molar-refractivity contribution in [3.8, 4) is 0 Å². The van der Waals surface area contributed by atoms with Crippen molar-refractivity contribution in [2.24, 2.45) is 5.92 Å². The van der Waals surface area contributed by atoms with E-state index < -0.39 is 0 Å². The standard InChI is InChI=1S/C10H11BrFNS/c1-6-4-13-9-3-8(12)7(11)2-10(9)14-5-6/h2-3,6,13H,4-5H2,1H3. The van der Waals surface area contributed by atoms with Crippen LogP contribution in [0.2, 0.25) is 0 Å². The Bertz CT molecular complexity index is 323.